The fourth-order valence-electron chi connectivity index (χ4n) is 2.44. The van der Waals surface area contributed by atoms with E-state index < -0.39 is 29.1 Å². The molecule has 2 rings (SSSR count). The number of amides is 1. The van der Waals surface area contributed by atoms with Crippen LogP contribution >= 0.6 is 0 Å². The van der Waals surface area contributed by atoms with Crippen molar-refractivity contribution in [3.05, 3.63) is 59.2 Å². The molecule has 0 heterocycles. The van der Waals surface area contributed by atoms with E-state index in [-0.39, 0.29) is 5.57 Å². The van der Waals surface area contributed by atoms with Crippen molar-refractivity contribution in [1.82, 2.24) is 0 Å². The van der Waals surface area contributed by atoms with Crippen molar-refractivity contribution in [3.63, 3.8) is 0 Å². The monoisotopic (exact) mass is 393 g/mol. The van der Waals surface area contributed by atoms with Gasteiger partial charge in [-0.1, -0.05) is 12.1 Å². The van der Waals surface area contributed by atoms with Crippen LogP contribution in [0.3, 0.4) is 0 Å². The number of halogens is 3. The predicted molar refractivity (Wildman–Crippen MR) is 98.3 cm³/mol. The van der Waals surface area contributed by atoms with Crippen LogP contribution in [0, 0.1) is 0 Å². The van der Waals surface area contributed by atoms with E-state index >= 15 is 0 Å². The minimum atomic E-state index is -4.65. The summed E-state index contributed by atoms with van der Waals surface area (Å²) in [6, 6.07) is 9.25. The molecule has 0 aliphatic carbocycles. The van der Waals surface area contributed by atoms with E-state index in [4.69, 9.17) is 9.47 Å². The minimum Gasteiger partial charge on any atom is -0.497 e. The minimum absolute atomic E-state index is 0.313. The Balaban J connectivity index is 2.42. The summed E-state index contributed by atoms with van der Waals surface area (Å²) in [5.41, 5.74) is -1.34. The number of hydrogen-bond donors (Lipinski definition) is 1. The van der Waals surface area contributed by atoms with Crippen LogP contribution in [0.1, 0.15) is 18.1 Å². The molecule has 0 saturated carbocycles. The molecule has 0 unspecified atom stereocenters. The van der Waals surface area contributed by atoms with Crippen molar-refractivity contribution in [2.24, 2.45) is 0 Å². The van der Waals surface area contributed by atoms with Crippen molar-refractivity contribution in [3.8, 4) is 11.5 Å². The van der Waals surface area contributed by atoms with E-state index in [0.717, 1.165) is 19.1 Å². The molecular formula is C20H18F3NO4. The first-order valence-electron chi connectivity index (χ1n) is 8.09. The third-order valence-electron chi connectivity index (χ3n) is 3.79. The zero-order chi connectivity index (χ0) is 20.9. The lowest BCUT2D eigenvalue weighted by atomic mass is 10.1. The second-order valence-corrected chi connectivity index (χ2v) is 5.76. The zero-order valence-corrected chi connectivity index (χ0v) is 15.4. The zero-order valence-electron chi connectivity index (χ0n) is 15.4. The molecule has 1 amide bonds. The summed E-state index contributed by atoms with van der Waals surface area (Å²) in [7, 11) is 2.88. The van der Waals surface area contributed by atoms with Crippen LogP contribution in [-0.2, 0) is 15.8 Å². The van der Waals surface area contributed by atoms with Gasteiger partial charge < -0.3 is 14.8 Å². The number of hydrogen-bond acceptors (Lipinski definition) is 4. The number of carbonyl (C=O) groups is 2. The number of ether oxygens (including phenoxy) is 2. The highest BCUT2D eigenvalue weighted by Gasteiger charge is 2.33. The standard InChI is InChI=1S/C20H18F3NO4/c1-12(25)16(10-13-8-14(27-2)11-15(9-13)28-3)19(26)24-18-7-5-4-6-17(18)20(21,22)23/h4-11H,1-3H3,(H,24,26)/b16-10+. The lowest BCUT2D eigenvalue weighted by molar-refractivity contribution is -0.137. The number of para-hydroxylation sites is 1. The lowest BCUT2D eigenvalue weighted by Crippen LogP contribution is -2.21. The first kappa shape index (κ1) is 21.0. The van der Waals surface area contributed by atoms with Gasteiger partial charge in [-0.05, 0) is 42.8 Å². The number of ketones is 1. The first-order chi connectivity index (χ1) is 13.2. The maximum absolute atomic E-state index is 13.1. The van der Waals surface area contributed by atoms with Crippen LogP contribution in [-0.4, -0.2) is 25.9 Å². The molecule has 5 nitrogen and oxygen atoms in total. The van der Waals surface area contributed by atoms with Gasteiger partial charge in [0.1, 0.15) is 11.5 Å². The van der Waals surface area contributed by atoms with Gasteiger partial charge >= 0.3 is 6.18 Å². The van der Waals surface area contributed by atoms with Crippen LogP contribution in [0.15, 0.2) is 48.0 Å². The Morgan fingerprint density at radius 1 is 1.00 bits per heavy atom. The maximum Gasteiger partial charge on any atom is 0.418 e. The van der Waals surface area contributed by atoms with Gasteiger partial charge in [-0.2, -0.15) is 13.2 Å². The number of nitrogens with one attached hydrogen (secondary N) is 1. The first-order valence-corrected chi connectivity index (χ1v) is 8.09. The summed E-state index contributed by atoms with van der Waals surface area (Å²) in [5.74, 6) is -0.706. The van der Waals surface area contributed by atoms with Crippen molar-refractivity contribution in [1.29, 1.82) is 0 Å². The second kappa shape index (κ2) is 8.60. The molecule has 148 valence electrons. The molecule has 0 aliphatic heterocycles. The number of anilines is 1. The Morgan fingerprint density at radius 2 is 1.57 bits per heavy atom. The average molecular weight is 393 g/mol. The third-order valence-corrected chi connectivity index (χ3v) is 3.79. The number of methoxy groups -OCH3 is 2. The van der Waals surface area contributed by atoms with Crippen molar-refractivity contribution >= 4 is 23.5 Å². The van der Waals surface area contributed by atoms with Crippen molar-refractivity contribution in [2.45, 2.75) is 13.1 Å². The summed E-state index contributed by atoms with van der Waals surface area (Å²) in [6.07, 6.45) is -3.39. The molecule has 0 saturated heterocycles. The third kappa shape index (κ3) is 5.12. The van der Waals surface area contributed by atoms with E-state index in [1.165, 1.54) is 32.4 Å². The summed E-state index contributed by atoms with van der Waals surface area (Å²) < 4.78 is 49.6. The summed E-state index contributed by atoms with van der Waals surface area (Å²) in [4.78, 5) is 24.5. The highest BCUT2D eigenvalue weighted by Crippen LogP contribution is 2.34. The normalized spacial score (nSPS) is 11.7. The molecule has 0 atom stereocenters. The van der Waals surface area contributed by atoms with Gasteiger partial charge in [0.05, 0.1) is 31.0 Å². The molecule has 2 aromatic carbocycles. The van der Waals surface area contributed by atoms with Gasteiger partial charge in [-0.25, -0.2) is 0 Å². The highest BCUT2D eigenvalue weighted by atomic mass is 19.4. The van der Waals surface area contributed by atoms with E-state index in [0.29, 0.717) is 17.1 Å². The number of rotatable bonds is 6. The number of carbonyl (C=O) groups excluding carboxylic acids is 2. The Kier molecular flexibility index (Phi) is 6.45. The fourth-order valence-corrected chi connectivity index (χ4v) is 2.44. The van der Waals surface area contributed by atoms with Gasteiger partial charge in [0, 0.05) is 6.07 Å². The number of benzene rings is 2. The van der Waals surface area contributed by atoms with E-state index in [1.807, 2.05) is 0 Å². The summed E-state index contributed by atoms with van der Waals surface area (Å²) in [5, 5.41) is 2.17. The van der Waals surface area contributed by atoms with Crippen molar-refractivity contribution < 1.29 is 32.2 Å². The molecule has 0 fully saturated rings. The second-order valence-electron chi connectivity index (χ2n) is 5.76. The molecule has 8 heteroatoms. The highest BCUT2D eigenvalue weighted by molar-refractivity contribution is 6.25. The molecule has 0 aromatic heterocycles. The Hall–Kier alpha value is -3.29. The quantitative estimate of drug-likeness (QED) is 0.451. The van der Waals surface area contributed by atoms with Gasteiger partial charge in [-0.15, -0.1) is 0 Å². The molecular weight excluding hydrogens is 375 g/mol. The van der Waals surface area contributed by atoms with E-state index in [9.17, 15) is 22.8 Å². The van der Waals surface area contributed by atoms with Gasteiger partial charge in [0.25, 0.3) is 5.91 Å². The molecule has 2 aromatic rings. The Bertz CT molecular complexity index is 898. The van der Waals surface area contributed by atoms with Crippen LogP contribution in [0.4, 0.5) is 18.9 Å². The van der Waals surface area contributed by atoms with Gasteiger partial charge in [0.15, 0.2) is 5.78 Å². The Morgan fingerprint density at radius 3 is 2.07 bits per heavy atom. The summed E-state index contributed by atoms with van der Waals surface area (Å²) >= 11 is 0. The Labute approximate surface area is 159 Å². The molecule has 0 spiro atoms. The largest absolute Gasteiger partial charge is 0.497 e. The molecule has 0 radical (unpaired) electrons. The molecule has 1 N–H and O–H groups in total. The average Bonchev–Trinajstić information content (AvgIpc) is 2.64. The number of Topliss-reactive ketones (excluding diaryl/α,β-unsaturated/α-hetero) is 1. The van der Waals surface area contributed by atoms with Crippen LogP contribution in [0.2, 0.25) is 0 Å². The molecule has 0 bridgehead atoms. The SMILES string of the molecule is COc1cc(/C=C(\C(C)=O)C(=O)Nc2ccccc2C(F)(F)F)cc(OC)c1. The van der Waals surface area contributed by atoms with Crippen LogP contribution in [0.25, 0.3) is 6.08 Å². The van der Waals surface area contributed by atoms with Crippen LogP contribution in [0.5, 0.6) is 11.5 Å². The van der Waals surface area contributed by atoms with Crippen LogP contribution < -0.4 is 14.8 Å². The fraction of sp³-hybridized carbons (Fsp3) is 0.200. The predicted octanol–water partition coefficient (Wildman–Crippen LogP) is 4.33. The van der Waals surface area contributed by atoms with E-state index in [2.05, 4.69) is 5.32 Å². The van der Waals surface area contributed by atoms with Crippen molar-refractivity contribution in [2.75, 3.05) is 19.5 Å². The summed E-state index contributed by atoms with van der Waals surface area (Å²) in [6.45, 7) is 1.15. The number of alkyl halides is 3. The molecule has 0 aliphatic rings. The molecule has 28 heavy (non-hydrogen) atoms. The maximum atomic E-state index is 13.1. The van der Waals surface area contributed by atoms with E-state index in [1.54, 1.807) is 18.2 Å². The topological polar surface area (TPSA) is 64.6 Å². The lowest BCUT2D eigenvalue weighted by Gasteiger charge is -2.14. The van der Waals surface area contributed by atoms with Gasteiger partial charge in [0.2, 0.25) is 0 Å². The smallest absolute Gasteiger partial charge is 0.418 e. The van der Waals surface area contributed by atoms with Gasteiger partial charge in [-0.3, -0.25) is 9.59 Å².